The van der Waals surface area contributed by atoms with Crippen LogP contribution in [0.5, 0.6) is 0 Å². The van der Waals surface area contributed by atoms with Gasteiger partial charge in [-0.1, -0.05) is 13.8 Å². The summed E-state index contributed by atoms with van der Waals surface area (Å²) in [6.45, 7) is 4.06. The smallest absolute Gasteiger partial charge is 0.155 e. The number of ether oxygens (including phenoxy) is 1. The monoisotopic (exact) mass is 267 g/mol. The first-order valence-corrected chi connectivity index (χ1v) is 6.71. The summed E-state index contributed by atoms with van der Waals surface area (Å²) in [6.07, 6.45) is 4.62. The van der Waals surface area contributed by atoms with Crippen LogP contribution < -0.4 is 5.73 Å². The van der Waals surface area contributed by atoms with Crippen LogP contribution in [0.15, 0.2) is 15.0 Å². The molecule has 106 valence electrons. The molecular weight excluding hydrogens is 246 g/mol. The summed E-state index contributed by atoms with van der Waals surface area (Å²) in [5.41, 5.74) is 5.77. The fourth-order valence-electron chi connectivity index (χ4n) is 2.37. The molecule has 1 saturated heterocycles. The second kappa shape index (κ2) is 6.12. The van der Waals surface area contributed by atoms with Crippen LogP contribution in [0, 0.1) is 0 Å². The molecule has 7 nitrogen and oxygen atoms in total. The topological polar surface area (TPSA) is 95.8 Å². The zero-order chi connectivity index (χ0) is 13.8. The van der Waals surface area contributed by atoms with E-state index in [1.165, 1.54) is 6.34 Å². The largest absolute Gasteiger partial charge is 0.394 e. The molecule has 0 aromatic rings. The molecular formula is C12H21N5O2. The van der Waals surface area contributed by atoms with Gasteiger partial charge in [0.1, 0.15) is 24.4 Å². The summed E-state index contributed by atoms with van der Waals surface area (Å²) in [6, 6.07) is -0.197. The standard InChI is InChI=1S/C10H15N5O2.C2H6/c11-9-8-10(13-4-12-9)15(5-14-8)7-2-1-6(3-16)17-7;1-2/h4-8,10,16H,1-3H2,(H2,11,12,13);1-2H3. The van der Waals surface area contributed by atoms with Gasteiger partial charge >= 0.3 is 0 Å². The number of aliphatic hydroxyl groups is 1. The molecule has 3 aliphatic rings. The van der Waals surface area contributed by atoms with E-state index in [9.17, 15) is 0 Å². The predicted octanol–water partition coefficient (Wildman–Crippen LogP) is -0.0523. The van der Waals surface area contributed by atoms with Crippen molar-refractivity contribution in [3.8, 4) is 0 Å². The maximum Gasteiger partial charge on any atom is 0.155 e. The number of hydrogen-bond acceptors (Lipinski definition) is 7. The van der Waals surface area contributed by atoms with Crippen molar-refractivity contribution >= 4 is 18.5 Å². The maximum atomic E-state index is 9.06. The molecule has 0 radical (unpaired) electrons. The van der Waals surface area contributed by atoms with E-state index in [0.717, 1.165) is 12.8 Å². The minimum absolute atomic E-state index is 0.0580. The SMILES string of the molecule is CC.NC1=NC=NC2C1N=CN2C1CCC(CO)O1. The molecule has 3 aliphatic heterocycles. The average molecular weight is 267 g/mol. The van der Waals surface area contributed by atoms with Crippen molar-refractivity contribution in [1.29, 1.82) is 0 Å². The summed E-state index contributed by atoms with van der Waals surface area (Å²) in [4.78, 5) is 14.5. The Kier molecular flexibility index (Phi) is 4.49. The van der Waals surface area contributed by atoms with E-state index in [2.05, 4.69) is 15.0 Å². The number of nitrogens with zero attached hydrogens (tertiary/aromatic N) is 4. The van der Waals surface area contributed by atoms with Crippen LogP contribution in [0.1, 0.15) is 26.7 Å². The number of hydrogen-bond donors (Lipinski definition) is 2. The lowest BCUT2D eigenvalue weighted by molar-refractivity contribution is -0.0485. The fourth-order valence-corrected chi connectivity index (χ4v) is 2.37. The van der Waals surface area contributed by atoms with Crippen molar-refractivity contribution in [3.05, 3.63) is 0 Å². The molecule has 0 saturated carbocycles. The van der Waals surface area contributed by atoms with Gasteiger partial charge in [0.2, 0.25) is 0 Å². The van der Waals surface area contributed by atoms with E-state index in [1.54, 1.807) is 6.34 Å². The fraction of sp³-hybridized carbons (Fsp3) is 0.750. The number of rotatable bonds is 2. The molecule has 4 unspecified atom stereocenters. The highest BCUT2D eigenvalue weighted by molar-refractivity contribution is 5.96. The Bertz CT molecular complexity index is 396. The molecule has 7 heteroatoms. The maximum absolute atomic E-state index is 9.06. The third-order valence-electron chi connectivity index (χ3n) is 3.30. The quantitative estimate of drug-likeness (QED) is 0.733. The van der Waals surface area contributed by atoms with E-state index in [4.69, 9.17) is 15.6 Å². The predicted molar refractivity (Wildman–Crippen MR) is 74.4 cm³/mol. The summed E-state index contributed by atoms with van der Waals surface area (Å²) >= 11 is 0. The summed E-state index contributed by atoms with van der Waals surface area (Å²) < 4.78 is 5.71. The molecule has 0 aromatic heterocycles. The van der Waals surface area contributed by atoms with Gasteiger partial charge in [-0.15, -0.1) is 0 Å². The van der Waals surface area contributed by atoms with Gasteiger partial charge in [-0.2, -0.15) is 0 Å². The molecule has 1 fully saturated rings. The number of amidine groups is 1. The third-order valence-corrected chi connectivity index (χ3v) is 3.30. The van der Waals surface area contributed by atoms with Gasteiger partial charge in [0, 0.05) is 0 Å². The summed E-state index contributed by atoms with van der Waals surface area (Å²) in [5, 5.41) is 9.06. The molecule has 3 heterocycles. The summed E-state index contributed by atoms with van der Waals surface area (Å²) in [5.74, 6) is 0.487. The molecule has 0 bridgehead atoms. The highest BCUT2D eigenvalue weighted by Crippen LogP contribution is 2.28. The second-order valence-electron chi connectivity index (χ2n) is 4.36. The van der Waals surface area contributed by atoms with E-state index in [0.29, 0.717) is 5.84 Å². The van der Waals surface area contributed by atoms with Crippen LogP contribution in [0.4, 0.5) is 0 Å². The molecule has 3 rings (SSSR count). The van der Waals surface area contributed by atoms with Gasteiger partial charge in [0.05, 0.1) is 19.0 Å². The Labute approximate surface area is 112 Å². The zero-order valence-electron chi connectivity index (χ0n) is 11.3. The molecule has 0 aromatic carbocycles. The van der Waals surface area contributed by atoms with Gasteiger partial charge in [-0.25, -0.2) is 9.98 Å². The van der Waals surface area contributed by atoms with Crippen LogP contribution in [0.25, 0.3) is 0 Å². The first-order valence-electron chi connectivity index (χ1n) is 6.71. The Morgan fingerprint density at radius 1 is 1.42 bits per heavy atom. The van der Waals surface area contributed by atoms with Crippen molar-refractivity contribution in [2.24, 2.45) is 20.7 Å². The van der Waals surface area contributed by atoms with Crippen molar-refractivity contribution < 1.29 is 9.84 Å². The lowest BCUT2D eigenvalue weighted by Crippen LogP contribution is -2.47. The molecule has 4 atom stereocenters. The van der Waals surface area contributed by atoms with Crippen LogP contribution in [0.2, 0.25) is 0 Å². The Balaban J connectivity index is 0.000000637. The van der Waals surface area contributed by atoms with Crippen molar-refractivity contribution in [2.45, 2.75) is 51.2 Å². The molecule has 0 amide bonds. The third kappa shape index (κ3) is 2.62. The Morgan fingerprint density at radius 2 is 2.21 bits per heavy atom. The number of aliphatic hydroxyl groups excluding tert-OH is 1. The first kappa shape index (κ1) is 14.0. The van der Waals surface area contributed by atoms with Gasteiger partial charge in [-0.3, -0.25) is 4.99 Å². The lowest BCUT2D eigenvalue weighted by Gasteiger charge is -2.30. The Morgan fingerprint density at radius 3 is 2.89 bits per heavy atom. The van der Waals surface area contributed by atoms with Crippen molar-refractivity contribution in [1.82, 2.24) is 4.90 Å². The van der Waals surface area contributed by atoms with E-state index < -0.39 is 0 Å². The molecule has 19 heavy (non-hydrogen) atoms. The van der Waals surface area contributed by atoms with Gasteiger partial charge in [0.25, 0.3) is 0 Å². The van der Waals surface area contributed by atoms with Crippen molar-refractivity contribution in [3.63, 3.8) is 0 Å². The first-order chi connectivity index (χ1) is 9.29. The van der Waals surface area contributed by atoms with Crippen LogP contribution in [0.3, 0.4) is 0 Å². The van der Waals surface area contributed by atoms with Crippen molar-refractivity contribution in [2.75, 3.05) is 6.61 Å². The summed E-state index contributed by atoms with van der Waals surface area (Å²) in [7, 11) is 0. The number of aliphatic imine (C=N–C) groups is 3. The number of nitrogens with two attached hydrogens (primary N) is 1. The minimum atomic E-state index is -0.197. The minimum Gasteiger partial charge on any atom is -0.394 e. The van der Waals surface area contributed by atoms with E-state index in [-0.39, 0.29) is 31.1 Å². The van der Waals surface area contributed by atoms with E-state index in [1.807, 2.05) is 18.7 Å². The van der Waals surface area contributed by atoms with Crippen LogP contribution in [-0.2, 0) is 4.74 Å². The molecule has 0 spiro atoms. The zero-order valence-corrected chi connectivity index (χ0v) is 11.3. The Hall–Kier alpha value is -1.47. The molecule has 3 N–H and O–H groups in total. The highest BCUT2D eigenvalue weighted by atomic mass is 16.5. The van der Waals surface area contributed by atoms with Gasteiger partial charge in [-0.05, 0) is 12.8 Å². The second-order valence-corrected chi connectivity index (χ2v) is 4.36. The van der Waals surface area contributed by atoms with Gasteiger partial charge < -0.3 is 20.5 Å². The van der Waals surface area contributed by atoms with E-state index >= 15 is 0 Å². The van der Waals surface area contributed by atoms with Crippen LogP contribution >= 0.6 is 0 Å². The average Bonchev–Trinajstić information content (AvgIpc) is 3.07. The number of fused-ring (bicyclic) bond motifs is 1. The highest BCUT2D eigenvalue weighted by Gasteiger charge is 2.40. The normalized spacial score (nSPS) is 35.7. The lowest BCUT2D eigenvalue weighted by atomic mass is 10.2. The molecule has 0 aliphatic carbocycles. The van der Waals surface area contributed by atoms with Crippen LogP contribution in [-0.4, -0.2) is 59.7 Å². The van der Waals surface area contributed by atoms with Gasteiger partial charge in [0.15, 0.2) is 6.17 Å².